The van der Waals surface area contributed by atoms with Crippen LogP contribution in [-0.4, -0.2) is 43.6 Å². The van der Waals surface area contributed by atoms with Gasteiger partial charge in [-0.3, -0.25) is 14.6 Å². The molecule has 0 bridgehead atoms. The molecule has 31 heavy (non-hydrogen) atoms. The van der Waals surface area contributed by atoms with Crippen molar-refractivity contribution in [3.63, 3.8) is 0 Å². The number of nitrogens with one attached hydrogen (secondary N) is 1. The maximum absolute atomic E-state index is 13.2. The van der Waals surface area contributed by atoms with E-state index in [0.717, 1.165) is 62.9 Å². The second kappa shape index (κ2) is 8.13. The molecule has 0 radical (unpaired) electrons. The van der Waals surface area contributed by atoms with Gasteiger partial charge in [0.1, 0.15) is 0 Å². The first-order valence-electron chi connectivity index (χ1n) is 11.1. The van der Waals surface area contributed by atoms with Crippen LogP contribution in [-0.2, 0) is 19.3 Å². The van der Waals surface area contributed by atoms with Gasteiger partial charge >= 0.3 is 0 Å². The Balaban J connectivity index is 1.29. The quantitative estimate of drug-likeness (QED) is 0.708. The number of benzene rings is 1. The molecule has 2 aliphatic rings. The minimum atomic E-state index is -0.0965. The third-order valence-electron chi connectivity index (χ3n) is 6.64. The van der Waals surface area contributed by atoms with Crippen molar-refractivity contribution in [2.24, 2.45) is 5.92 Å². The Morgan fingerprint density at radius 1 is 1.16 bits per heavy atom. The molecule has 1 aliphatic heterocycles. The van der Waals surface area contributed by atoms with Gasteiger partial charge in [-0.25, -0.2) is 9.67 Å². The van der Waals surface area contributed by atoms with Gasteiger partial charge in [-0.1, -0.05) is 30.3 Å². The molecule has 0 spiro atoms. The molecule has 5 rings (SSSR count). The lowest BCUT2D eigenvalue weighted by Gasteiger charge is -2.32. The number of aromatic nitrogens is 4. The highest BCUT2D eigenvalue weighted by molar-refractivity contribution is 5.95. The van der Waals surface area contributed by atoms with Crippen LogP contribution in [0.2, 0.25) is 0 Å². The fourth-order valence-electron chi connectivity index (χ4n) is 4.82. The van der Waals surface area contributed by atoms with Crippen LogP contribution in [0.1, 0.15) is 52.1 Å². The van der Waals surface area contributed by atoms with Crippen LogP contribution in [0.15, 0.2) is 41.3 Å². The fourth-order valence-corrected chi connectivity index (χ4v) is 4.82. The van der Waals surface area contributed by atoms with E-state index in [2.05, 4.69) is 39.3 Å². The topological polar surface area (TPSA) is 83.9 Å². The third-order valence-corrected chi connectivity index (χ3v) is 6.64. The molecule has 160 valence electrons. The number of piperidine rings is 1. The van der Waals surface area contributed by atoms with Gasteiger partial charge in [-0.05, 0) is 56.9 Å². The first kappa shape index (κ1) is 19.7. The summed E-state index contributed by atoms with van der Waals surface area (Å²) in [5.74, 6) is 1.00. The van der Waals surface area contributed by atoms with Crippen LogP contribution in [0.5, 0.6) is 0 Å². The van der Waals surface area contributed by atoms with Gasteiger partial charge in [0, 0.05) is 18.7 Å². The van der Waals surface area contributed by atoms with Gasteiger partial charge in [0.2, 0.25) is 5.95 Å². The smallest absolute Gasteiger partial charge is 0.257 e. The molecule has 7 heteroatoms. The second-order valence-electron chi connectivity index (χ2n) is 8.65. The predicted octanol–water partition coefficient (Wildman–Crippen LogP) is 2.85. The molecule has 2 aromatic heterocycles. The molecule has 1 N–H and O–H groups in total. The number of likely N-dealkylation sites (tertiary alicyclic amines) is 1. The monoisotopic (exact) mass is 417 g/mol. The predicted molar refractivity (Wildman–Crippen MR) is 118 cm³/mol. The number of hydrogen-bond acceptors (Lipinski definition) is 4. The number of carbonyl (C=O) groups is 1. The Kier molecular flexibility index (Phi) is 5.18. The number of nitrogens with zero attached hydrogens (tertiary/aromatic N) is 4. The summed E-state index contributed by atoms with van der Waals surface area (Å²) >= 11 is 0. The first-order chi connectivity index (χ1) is 15.1. The summed E-state index contributed by atoms with van der Waals surface area (Å²) in [6.45, 7) is 3.37. The van der Waals surface area contributed by atoms with E-state index in [9.17, 15) is 9.59 Å². The normalized spacial score (nSPS) is 16.5. The summed E-state index contributed by atoms with van der Waals surface area (Å²) in [5, 5.41) is 4.38. The van der Waals surface area contributed by atoms with Gasteiger partial charge in [0.15, 0.2) is 0 Å². The van der Waals surface area contributed by atoms with Gasteiger partial charge in [0.25, 0.3) is 11.5 Å². The zero-order valence-electron chi connectivity index (χ0n) is 17.8. The average Bonchev–Trinajstić information content (AvgIpc) is 3.41. The molecule has 3 aromatic rings. The standard InChI is InChI=1S/C24H27N5O2/c1-16-20(15-25-29(16)24-26-21-9-5-8-19(21)22(30)27-24)23(31)28-12-10-18(11-13-28)14-17-6-3-2-4-7-17/h2-4,6-7,15,18H,5,8-14H2,1H3,(H,26,27,30). The minimum Gasteiger partial charge on any atom is -0.339 e. The average molecular weight is 418 g/mol. The van der Waals surface area contributed by atoms with Crippen molar-refractivity contribution in [2.75, 3.05) is 13.1 Å². The highest BCUT2D eigenvalue weighted by Crippen LogP contribution is 2.24. The Bertz CT molecular complexity index is 1160. The maximum atomic E-state index is 13.2. The first-order valence-corrected chi connectivity index (χ1v) is 11.1. The lowest BCUT2D eigenvalue weighted by atomic mass is 9.90. The Labute approximate surface area is 181 Å². The van der Waals surface area contributed by atoms with Gasteiger partial charge in [0.05, 0.1) is 23.1 Å². The molecule has 7 nitrogen and oxygen atoms in total. The van der Waals surface area contributed by atoms with E-state index < -0.39 is 0 Å². The maximum Gasteiger partial charge on any atom is 0.257 e. The number of carbonyl (C=O) groups excluding carboxylic acids is 1. The molecule has 0 saturated carbocycles. The van der Waals surface area contributed by atoms with Crippen LogP contribution >= 0.6 is 0 Å². The summed E-state index contributed by atoms with van der Waals surface area (Å²) in [5.41, 5.74) is 4.17. The van der Waals surface area contributed by atoms with E-state index in [-0.39, 0.29) is 11.5 Å². The van der Waals surface area contributed by atoms with Crippen LogP contribution in [0.3, 0.4) is 0 Å². The molecule has 0 atom stereocenters. The van der Waals surface area contributed by atoms with Crippen molar-refractivity contribution < 1.29 is 4.79 Å². The molecule has 1 aromatic carbocycles. The fraction of sp³-hybridized carbons (Fsp3) is 0.417. The zero-order valence-corrected chi connectivity index (χ0v) is 17.8. The van der Waals surface area contributed by atoms with Crippen molar-refractivity contribution in [2.45, 2.75) is 45.4 Å². The van der Waals surface area contributed by atoms with Crippen molar-refractivity contribution in [3.05, 3.63) is 75.0 Å². The SMILES string of the molecule is Cc1c(C(=O)N2CCC(Cc3ccccc3)CC2)cnn1-c1nc2c(c(=O)[nH]1)CCC2. The van der Waals surface area contributed by atoms with E-state index in [1.54, 1.807) is 10.9 Å². The Hall–Kier alpha value is -3.22. The van der Waals surface area contributed by atoms with E-state index in [1.165, 1.54) is 5.56 Å². The van der Waals surface area contributed by atoms with Crippen molar-refractivity contribution in [3.8, 4) is 5.95 Å². The van der Waals surface area contributed by atoms with Crippen molar-refractivity contribution >= 4 is 5.91 Å². The number of fused-ring (bicyclic) bond motifs is 1. The molecule has 1 aliphatic carbocycles. The summed E-state index contributed by atoms with van der Waals surface area (Å²) in [7, 11) is 0. The summed E-state index contributed by atoms with van der Waals surface area (Å²) < 4.78 is 1.58. The molecule has 1 amide bonds. The van der Waals surface area contributed by atoms with Gasteiger partial charge < -0.3 is 4.90 Å². The molecule has 1 saturated heterocycles. The van der Waals surface area contributed by atoms with E-state index >= 15 is 0 Å². The zero-order chi connectivity index (χ0) is 21.4. The Morgan fingerprint density at radius 2 is 1.94 bits per heavy atom. The van der Waals surface area contributed by atoms with Crippen LogP contribution in [0.4, 0.5) is 0 Å². The van der Waals surface area contributed by atoms with Crippen molar-refractivity contribution in [1.82, 2.24) is 24.6 Å². The number of rotatable bonds is 4. The number of hydrogen-bond donors (Lipinski definition) is 1. The highest BCUT2D eigenvalue weighted by Gasteiger charge is 2.27. The number of amides is 1. The van der Waals surface area contributed by atoms with Crippen LogP contribution in [0, 0.1) is 12.8 Å². The van der Waals surface area contributed by atoms with E-state index in [1.807, 2.05) is 17.9 Å². The number of H-pyrrole nitrogens is 1. The van der Waals surface area contributed by atoms with E-state index in [0.29, 0.717) is 23.1 Å². The molecule has 1 fully saturated rings. The summed E-state index contributed by atoms with van der Waals surface area (Å²) in [6.07, 6.45) is 7.23. The van der Waals surface area contributed by atoms with Crippen LogP contribution < -0.4 is 5.56 Å². The van der Waals surface area contributed by atoms with Crippen LogP contribution in [0.25, 0.3) is 5.95 Å². The minimum absolute atomic E-state index is 0.00502. The molecule has 3 heterocycles. The summed E-state index contributed by atoms with van der Waals surface area (Å²) in [6, 6.07) is 10.6. The lowest BCUT2D eigenvalue weighted by molar-refractivity contribution is 0.0690. The number of aryl methyl sites for hydroxylation is 1. The van der Waals surface area contributed by atoms with Gasteiger partial charge in [-0.2, -0.15) is 5.10 Å². The lowest BCUT2D eigenvalue weighted by Crippen LogP contribution is -2.39. The second-order valence-corrected chi connectivity index (χ2v) is 8.65. The molecular weight excluding hydrogens is 390 g/mol. The van der Waals surface area contributed by atoms with Crippen molar-refractivity contribution in [1.29, 1.82) is 0 Å². The summed E-state index contributed by atoms with van der Waals surface area (Å²) in [4.78, 5) is 34.9. The third kappa shape index (κ3) is 3.80. The molecular formula is C24H27N5O2. The molecule has 0 unspecified atom stereocenters. The van der Waals surface area contributed by atoms with Gasteiger partial charge in [-0.15, -0.1) is 0 Å². The highest BCUT2D eigenvalue weighted by atomic mass is 16.2. The largest absolute Gasteiger partial charge is 0.339 e. The number of aromatic amines is 1. The van der Waals surface area contributed by atoms with E-state index in [4.69, 9.17) is 0 Å². The Morgan fingerprint density at radius 3 is 2.71 bits per heavy atom.